The molecule has 1 unspecified atom stereocenters. The number of hydrogen-bond donors (Lipinski definition) is 1. The molecule has 2 amide bonds. The van der Waals surface area contributed by atoms with Gasteiger partial charge in [-0.05, 0) is 44.0 Å². The number of aromatic nitrogens is 1. The maximum Gasteiger partial charge on any atom is 0.253 e. The van der Waals surface area contributed by atoms with Gasteiger partial charge in [0.25, 0.3) is 5.91 Å². The lowest BCUT2D eigenvalue weighted by Crippen LogP contribution is -2.41. The zero-order valence-electron chi connectivity index (χ0n) is 17.3. The van der Waals surface area contributed by atoms with Crippen LogP contribution in [0.2, 0.25) is 0 Å². The number of carbonyl (C=O) groups is 2. The molecule has 4 rings (SSSR count). The second kappa shape index (κ2) is 8.49. The number of pyridine rings is 1. The van der Waals surface area contributed by atoms with E-state index in [-0.39, 0.29) is 11.8 Å². The third kappa shape index (κ3) is 4.40. The molecule has 1 atom stereocenters. The Labute approximate surface area is 176 Å². The molecule has 0 saturated carbocycles. The van der Waals surface area contributed by atoms with Crippen LogP contribution < -0.4 is 5.32 Å². The van der Waals surface area contributed by atoms with Gasteiger partial charge in [0.2, 0.25) is 5.91 Å². The topological polar surface area (TPSA) is 62.3 Å². The number of benzene rings is 2. The summed E-state index contributed by atoms with van der Waals surface area (Å²) in [5, 5.41) is 2.87. The third-order valence-electron chi connectivity index (χ3n) is 5.44. The van der Waals surface area contributed by atoms with E-state index < -0.39 is 6.04 Å². The number of likely N-dealkylation sites (tertiary alicyclic amines) is 1. The van der Waals surface area contributed by atoms with Gasteiger partial charge in [-0.15, -0.1) is 0 Å². The summed E-state index contributed by atoms with van der Waals surface area (Å²) >= 11 is 0. The standard InChI is InChI=1S/C25H25N3O2/c1-17-6-8-19(9-7-17)16-28-13-12-23(25(28)30)27-24(29)21-10-11-22(26-15-21)20-5-3-4-18(2)14-20/h3-11,14-15,23H,12-13,16H2,1-2H3,(H,27,29). The van der Waals surface area contributed by atoms with E-state index >= 15 is 0 Å². The Kier molecular flexibility index (Phi) is 5.61. The second-order valence-electron chi connectivity index (χ2n) is 7.86. The number of carbonyl (C=O) groups excluding carboxylic acids is 2. The van der Waals surface area contributed by atoms with Crippen LogP contribution in [0.5, 0.6) is 0 Å². The maximum absolute atomic E-state index is 12.7. The largest absolute Gasteiger partial charge is 0.340 e. The Balaban J connectivity index is 1.38. The van der Waals surface area contributed by atoms with Crippen molar-refractivity contribution in [1.29, 1.82) is 0 Å². The van der Waals surface area contributed by atoms with Gasteiger partial charge < -0.3 is 10.2 Å². The van der Waals surface area contributed by atoms with Crippen LogP contribution in [0.15, 0.2) is 66.9 Å². The first-order valence-corrected chi connectivity index (χ1v) is 10.2. The molecule has 0 bridgehead atoms. The molecular weight excluding hydrogens is 374 g/mol. The molecule has 3 aromatic rings. The van der Waals surface area contributed by atoms with Crippen molar-refractivity contribution in [3.63, 3.8) is 0 Å². The SMILES string of the molecule is Cc1ccc(CN2CCC(NC(=O)c3ccc(-c4cccc(C)c4)nc3)C2=O)cc1. The number of nitrogens with one attached hydrogen (secondary N) is 1. The minimum absolute atomic E-state index is 0.0340. The van der Waals surface area contributed by atoms with E-state index in [0.29, 0.717) is 25.1 Å². The minimum Gasteiger partial charge on any atom is -0.340 e. The van der Waals surface area contributed by atoms with Crippen molar-refractivity contribution in [2.24, 2.45) is 0 Å². The summed E-state index contributed by atoms with van der Waals surface area (Å²) in [6.07, 6.45) is 2.18. The average molecular weight is 399 g/mol. The highest BCUT2D eigenvalue weighted by molar-refractivity contribution is 5.98. The molecule has 1 saturated heterocycles. The van der Waals surface area contributed by atoms with Crippen LogP contribution in [0.25, 0.3) is 11.3 Å². The minimum atomic E-state index is -0.487. The van der Waals surface area contributed by atoms with Gasteiger partial charge in [0, 0.05) is 24.8 Å². The normalized spacial score (nSPS) is 16.0. The highest BCUT2D eigenvalue weighted by atomic mass is 16.2. The first kappa shape index (κ1) is 19.8. The zero-order valence-corrected chi connectivity index (χ0v) is 17.3. The van der Waals surface area contributed by atoms with Gasteiger partial charge in [0.1, 0.15) is 6.04 Å². The predicted molar refractivity (Wildman–Crippen MR) is 117 cm³/mol. The lowest BCUT2D eigenvalue weighted by atomic mass is 10.1. The van der Waals surface area contributed by atoms with Crippen molar-refractivity contribution in [3.8, 4) is 11.3 Å². The molecule has 0 radical (unpaired) electrons. The zero-order chi connectivity index (χ0) is 21.1. The summed E-state index contributed by atoms with van der Waals surface area (Å²) < 4.78 is 0. The first-order chi connectivity index (χ1) is 14.5. The summed E-state index contributed by atoms with van der Waals surface area (Å²) in [6.45, 7) is 5.28. The van der Waals surface area contributed by atoms with Crippen LogP contribution in [0.4, 0.5) is 0 Å². The molecule has 2 heterocycles. The van der Waals surface area contributed by atoms with Crippen molar-refractivity contribution in [2.45, 2.75) is 32.9 Å². The Hall–Kier alpha value is -3.47. The average Bonchev–Trinajstić information content (AvgIpc) is 3.09. The Morgan fingerprint density at radius 3 is 2.57 bits per heavy atom. The van der Waals surface area contributed by atoms with Gasteiger partial charge >= 0.3 is 0 Å². The van der Waals surface area contributed by atoms with Crippen LogP contribution in [0, 0.1) is 13.8 Å². The Bertz CT molecular complexity index is 1060. The maximum atomic E-state index is 12.7. The van der Waals surface area contributed by atoms with Gasteiger partial charge in [-0.2, -0.15) is 0 Å². The van der Waals surface area contributed by atoms with Crippen molar-refractivity contribution < 1.29 is 9.59 Å². The molecule has 1 fully saturated rings. The molecule has 1 aromatic heterocycles. The fraction of sp³-hybridized carbons (Fsp3) is 0.240. The van der Waals surface area contributed by atoms with E-state index in [1.807, 2.05) is 62.4 Å². The fourth-order valence-electron chi connectivity index (χ4n) is 3.69. The van der Waals surface area contributed by atoms with Crippen molar-refractivity contribution in [2.75, 3.05) is 6.54 Å². The van der Waals surface area contributed by atoms with E-state index in [0.717, 1.165) is 22.4 Å². The van der Waals surface area contributed by atoms with Crippen LogP contribution in [-0.4, -0.2) is 34.3 Å². The van der Waals surface area contributed by atoms with Crippen LogP contribution >= 0.6 is 0 Å². The second-order valence-corrected chi connectivity index (χ2v) is 7.86. The van der Waals surface area contributed by atoms with Gasteiger partial charge in [-0.1, -0.05) is 53.6 Å². The van der Waals surface area contributed by atoms with E-state index in [1.165, 1.54) is 5.56 Å². The number of nitrogens with zero attached hydrogens (tertiary/aromatic N) is 2. The molecule has 5 heteroatoms. The number of amides is 2. The fourth-order valence-corrected chi connectivity index (χ4v) is 3.69. The molecule has 5 nitrogen and oxygen atoms in total. The van der Waals surface area contributed by atoms with Crippen molar-refractivity contribution >= 4 is 11.8 Å². The molecule has 1 aliphatic rings. The highest BCUT2D eigenvalue weighted by Gasteiger charge is 2.32. The Morgan fingerprint density at radius 1 is 1.07 bits per heavy atom. The lowest BCUT2D eigenvalue weighted by Gasteiger charge is -2.17. The predicted octanol–water partition coefficient (Wildman–Crippen LogP) is 3.90. The quantitative estimate of drug-likeness (QED) is 0.708. The van der Waals surface area contributed by atoms with Crippen LogP contribution in [0.1, 0.15) is 33.5 Å². The summed E-state index contributed by atoms with van der Waals surface area (Å²) in [7, 11) is 0. The van der Waals surface area contributed by atoms with E-state index in [9.17, 15) is 9.59 Å². The molecule has 1 aliphatic heterocycles. The first-order valence-electron chi connectivity index (χ1n) is 10.2. The molecule has 1 N–H and O–H groups in total. The third-order valence-corrected chi connectivity index (χ3v) is 5.44. The molecule has 0 spiro atoms. The van der Waals surface area contributed by atoms with Gasteiger partial charge in [-0.25, -0.2) is 0 Å². The van der Waals surface area contributed by atoms with E-state index in [4.69, 9.17) is 0 Å². The van der Waals surface area contributed by atoms with Crippen molar-refractivity contribution in [1.82, 2.24) is 15.2 Å². The molecule has 30 heavy (non-hydrogen) atoms. The lowest BCUT2D eigenvalue weighted by molar-refractivity contribution is -0.129. The van der Waals surface area contributed by atoms with Gasteiger partial charge in [0.05, 0.1) is 11.3 Å². The smallest absolute Gasteiger partial charge is 0.253 e. The summed E-state index contributed by atoms with van der Waals surface area (Å²) in [6, 6.07) is 19.3. The monoisotopic (exact) mass is 399 g/mol. The molecule has 152 valence electrons. The van der Waals surface area contributed by atoms with Crippen LogP contribution in [0.3, 0.4) is 0 Å². The summed E-state index contributed by atoms with van der Waals surface area (Å²) in [5.74, 6) is -0.304. The molecule has 0 aliphatic carbocycles. The number of aryl methyl sites for hydroxylation is 2. The summed E-state index contributed by atoms with van der Waals surface area (Å²) in [5.41, 5.74) is 5.73. The van der Waals surface area contributed by atoms with Crippen molar-refractivity contribution in [3.05, 3.63) is 89.1 Å². The van der Waals surface area contributed by atoms with Crippen LogP contribution in [-0.2, 0) is 11.3 Å². The van der Waals surface area contributed by atoms with Gasteiger partial charge in [-0.3, -0.25) is 14.6 Å². The van der Waals surface area contributed by atoms with E-state index in [1.54, 1.807) is 17.2 Å². The Morgan fingerprint density at radius 2 is 1.87 bits per heavy atom. The molecule has 2 aromatic carbocycles. The number of rotatable bonds is 5. The van der Waals surface area contributed by atoms with Gasteiger partial charge in [0.15, 0.2) is 0 Å². The highest BCUT2D eigenvalue weighted by Crippen LogP contribution is 2.19. The summed E-state index contributed by atoms with van der Waals surface area (Å²) in [4.78, 5) is 31.6. The number of hydrogen-bond acceptors (Lipinski definition) is 3. The van der Waals surface area contributed by atoms with E-state index in [2.05, 4.69) is 16.4 Å². The molecular formula is C25H25N3O2.